The van der Waals surface area contributed by atoms with Crippen LogP contribution >= 0.6 is 0 Å². The summed E-state index contributed by atoms with van der Waals surface area (Å²) in [5, 5.41) is 10.1. The summed E-state index contributed by atoms with van der Waals surface area (Å²) in [6.07, 6.45) is -3.37. The van der Waals surface area contributed by atoms with E-state index >= 15 is 0 Å². The molecule has 7 heteroatoms. The number of alkyl halides is 3. The highest BCUT2D eigenvalue weighted by atomic mass is 32.2. The van der Waals surface area contributed by atoms with Gasteiger partial charge < -0.3 is 5.11 Å². The van der Waals surface area contributed by atoms with Gasteiger partial charge in [-0.1, -0.05) is 12.1 Å². The molecular weight excluding hydrogens is 308 g/mol. The van der Waals surface area contributed by atoms with Crippen molar-refractivity contribution < 1.29 is 26.9 Å². The summed E-state index contributed by atoms with van der Waals surface area (Å²) in [7, 11) is -1.07. The van der Waals surface area contributed by atoms with Crippen LogP contribution in [-0.4, -0.2) is 19.8 Å². The minimum atomic E-state index is -4.80. The van der Waals surface area contributed by atoms with Gasteiger partial charge in [0, 0.05) is 26.9 Å². The van der Waals surface area contributed by atoms with Crippen LogP contribution < -0.4 is 0 Å². The van der Waals surface area contributed by atoms with Crippen molar-refractivity contribution in [2.45, 2.75) is 48.0 Å². The number of benzene rings is 1. The molecule has 21 heavy (non-hydrogen) atoms. The molecule has 0 radical (unpaired) electrons. The summed E-state index contributed by atoms with van der Waals surface area (Å²) in [4.78, 5) is 0. The third-order valence-electron chi connectivity index (χ3n) is 4.40. The monoisotopic (exact) mass is 322 g/mol. The number of aliphatic hydroxyl groups is 1. The molecule has 2 fully saturated rings. The summed E-state index contributed by atoms with van der Waals surface area (Å²) >= 11 is 0. The predicted octanol–water partition coefficient (Wildman–Crippen LogP) is 3.11. The smallest absolute Gasteiger partial charge is 0.385 e. The summed E-state index contributed by atoms with van der Waals surface area (Å²) in [6, 6.07) is 2.96. The number of fused-ring (bicyclic) bond motifs is 2. The van der Waals surface area contributed by atoms with Crippen molar-refractivity contribution >= 4 is 10.8 Å². The van der Waals surface area contributed by atoms with Gasteiger partial charge in [-0.05, 0) is 31.7 Å². The van der Waals surface area contributed by atoms with E-state index < -0.39 is 34.0 Å². The minimum Gasteiger partial charge on any atom is -0.385 e. The number of rotatable bonds is 1. The van der Waals surface area contributed by atoms with Gasteiger partial charge in [0.05, 0.1) is 11.2 Å². The van der Waals surface area contributed by atoms with Crippen molar-refractivity contribution in [1.82, 2.24) is 0 Å². The molecule has 3 rings (SSSR count). The van der Waals surface area contributed by atoms with Gasteiger partial charge in [0.2, 0.25) is 0 Å². The zero-order valence-electron chi connectivity index (χ0n) is 11.0. The first-order valence-corrected chi connectivity index (χ1v) is 7.98. The Morgan fingerprint density at radius 2 is 1.76 bits per heavy atom. The van der Waals surface area contributed by atoms with Gasteiger partial charge in [-0.25, -0.2) is 4.39 Å². The highest BCUT2D eigenvalue weighted by Crippen LogP contribution is 2.47. The highest BCUT2D eigenvalue weighted by Gasteiger charge is 2.50. The second-order valence-corrected chi connectivity index (χ2v) is 7.75. The van der Waals surface area contributed by atoms with Crippen molar-refractivity contribution in [3.05, 3.63) is 35.1 Å². The Balaban J connectivity index is 2.03. The van der Waals surface area contributed by atoms with Crippen LogP contribution in [0.5, 0.6) is 0 Å². The van der Waals surface area contributed by atoms with E-state index in [0.717, 1.165) is 6.07 Å². The van der Waals surface area contributed by atoms with E-state index in [-0.39, 0.29) is 28.9 Å². The standard InChI is InChI=1S/C14H14F4O2S/c15-12-10(2-1-3-11(12)14(16,17)18)13(19)6-8-4-5-9(7-13)21(8)20/h1-3,8-9,19H,4-7H2. The van der Waals surface area contributed by atoms with E-state index in [9.17, 15) is 26.9 Å². The molecule has 2 saturated heterocycles. The van der Waals surface area contributed by atoms with Crippen LogP contribution in [0.4, 0.5) is 17.6 Å². The van der Waals surface area contributed by atoms with Crippen molar-refractivity contribution in [3.63, 3.8) is 0 Å². The number of hydrogen-bond donors (Lipinski definition) is 1. The van der Waals surface area contributed by atoms with Crippen molar-refractivity contribution in [2.24, 2.45) is 0 Å². The first-order valence-electron chi connectivity index (χ1n) is 6.70. The van der Waals surface area contributed by atoms with E-state index in [0.29, 0.717) is 18.9 Å². The molecule has 2 unspecified atom stereocenters. The summed E-state index contributed by atoms with van der Waals surface area (Å²) in [6.45, 7) is 0. The fourth-order valence-electron chi connectivity index (χ4n) is 3.41. The zero-order chi connectivity index (χ0) is 15.4. The second-order valence-electron chi connectivity index (χ2n) is 5.75. The Labute approximate surface area is 121 Å². The molecule has 0 aliphatic carbocycles. The van der Waals surface area contributed by atoms with Crippen molar-refractivity contribution in [3.8, 4) is 0 Å². The predicted molar refractivity (Wildman–Crippen MR) is 69.5 cm³/mol. The second kappa shape index (κ2) is 4.78. The topological polar surface area (TPSA) is 37.3 Å². The lowest BCUT2D eigenvalue weighted by Crippen LogP contribution is -2.41. The lowest BCUT2D eigenvalue weighted by atomic mass is 9.84. The van der Waals surface area contributed by atoms with Crippen LogP contribution in [0.2, 0.25) is 0 Å². The van der Waals surface area contributed by atoms with E-state index in [2.05, 4.69) is 0 Å². The average Bonchev–Trinajstić information content (AvgIpc) is 2.61. The Bertz CT molecular complexity index is 583. The SMILES string of the molecule is O=S1C2CCC1CC(O)(c1cccc(C(F)(F)F)c1F)C2. The Kier molecular flexibility index (Phi) is 3.40. The first-order chi connectivity index (χ1) is 9.72. The van der Waals surface area contributed by atoms with E-state index in [1.54, 1.807) is 0 Å². The van der Waals surface area contributed by atoms with Gasteiger partial charge in [0.1, 0.15) is 5.82 Å². The van der Waals surface area contributed by atoms with Crippen molar-refractivity contribution in [1.29, 1.82) is 0 Å². The zero-order valence-corrected chi connectivity index (χ0v) is 11.8. The maximum atomic E-state index is 14.2. The van der Waals surface area contributed by atoms with Crippen LogP contribution in [0.3, 0.4) is 0 Å². The van der Waals surface area contributed by atoms with Crippen LogP contribution in [0.25, 0.3) is 0 Å². The summed E-state index contributed by atoms with van der Waals surface area (Å²) in [5.41, 5.74) is -3.36. The third kappa shape index (κ3) is 2.40. The molecule has 0 saturated carbocycles. The largest absolute Gasteiger partial charge is 0.419 e. The molecule has 1 aromatic rings. The molecule has 0 spiro atoms. The van der Waals surface area contributed by atoms with E-state index in [4.69, 9.17) is 0 Å². The average molecular weight is 322 g/mol. The Morgan fingerprint density at radius 3 is 2.29 bits per heavy atom. The van der Waals surface area contributed by atoms with Gasteiger partial charge >= 0.3 is 6.18 Å². The van der Waals surface area contributed by atoms with Crippen LogP contribution in [0.15, 0.2) is 18.2 Å². The van der Waals surface area contributed by atoms with Gasteiger partial charge in [0.15, 0.2) is 0 Å². The highest BCUT2D eigenvalue weighted by molar-refractivity contribution is 7.86. The molecule has 116 valence electrons. The Hall–Kier alpha value is -0.950. The molecule has 1 N–H and O–H groups in total. The fraction of sp³-hybridized carbons (Fsp3) is 0.571. The van der Waals surface area contributed by atoms with Gasteiger partial charge in [-0.3, -0.25) is 4.21 Å². The minimum absolute atomic E-state index is 0.0499. The normalized spacial score (nSPS) is 36.0. The molecular formula is C14H14F4O2S. The summed E-state index contributed by atoms with van der Waals surface area (Å²) in [5.74, 6) is -1.42. The lowest BCUT2D eigenvalue weighted by Gasteiger charge is -2.36. The van der Waals surface area contributed by atoms with E-state index in [1.807, 2.05) is 0 Å². The molecule has 0 aromatic heterocycles. The maximum Gasteiger partial charge on any atom is 0.419 e. The Morgan fingerprint density at radius 1 is 1.19 bits per heavy atom. The molecule has 2 atom stereocenters. The molecule has 2 aliphatic heterocycles. The number of halogens is 4. The molecule has 1 aromatic carbocycles. The van der Waals surface area contributed by atoms with Crippen molar-refractivity contribution in [2.75, 3.05) is 0 Å². The molecule has 2 aliphatic rings. The molecule has 2 bridgehead atoms. The first kappa shape index (κ1) is 15.0. The van der Waals surface area contributed by atoms with Crippen LogP contribution in [0, 0.1) is 5.82 Å². The van der Waals surface area contributed by atoms with E-state index in [1.165, 1.54) is 6.07 Å². The van der Waals surface area contributed by atoms with Gasteiger partial charge in [-0.15, -0.1) is 0 Å². The fourth-order valence-corrected chi connectivity index (χ4v) is 5.57. The van der Waals surface area contributed by atoms with Crippen LogP contribution in [-0.2, 0) is 22.6 Å². The third-order valence-corrected chi connectivity index (χ3v) is 6.52. The van der Waals surface area contributed by atoms with Gasteiger partial charge in [0.25, 0.3) is 0 Å². The molecule has 0 amide bonds. The van der Waals surface area contributed by atoms with Gasteiger partial charge in [-0.2, -0.15) is 13.2 Å². The molecule has 2 nitrogen and oxygen atoms in total. The lowest BCUT2D eigenvalue weighted by molar-refractivity contribution is -0.140. The maximum absolute atomic E-state index is 14.2. The number of hydrogen-bond acceptors (Lipinski definition) is 2. The van der Waals surface area contributed by atoms with Crippen LogP contribution in [0.1, 0.15) is 36.8 Å². The molecule has 2 heterocycles. The summed E-state index contributed by atoms with van der Waals surface area (Å²) < 4.78 is 64.5. The quantitative estimate of drug-likeness (QED) is 0.807.